The Morgan fingerprint density at radius 1 is 1.00 bits per heavy atom. The second-order valence-electron chi connectivity index (χ2n) is 4.72. The first-order valence-corrected chi connectivity index (χ1v) is 6.88. The summed E-state index contributed by atoms with van der Waals surface area (Å²) in [6, 6.07) is 5.59. The summed E-state index contributed by atoms with van der Waals surface area (Å²) in [7, 11) is 3.24. The van der Waals surface area contributed by atoms with Gasteiger partial charge in [0.05, 0.1) is 14.2 Å². The fraction of sp³-hybridized carbons (Fsp3) is 0.333. The minimum absolute atomic E-state index is 0.560. The zero-order valence-electron chi connectivity index (χ0n) is 11.4. The summed E-state index contributed by atoms with van der Waals surface area (Å²) < 4.78 is 10.5. The zero-order valence-corrected chi connectivity index (χ0v) is 12.2. The molecule has 0 unspecified atom stereocenters. The lowest BCUT2D eigenvalue weighted by Crippen LogP contribution is -1.98. The van der Waals surface area contributed by atoms with E-state index in [1.165, 1.54) is 0 Å². The molecule has 3 rings (SSSR count). The quantitative estimate of drug-likeness (QED) is 0.814. The number of fused-ring (bicyclic) bond motifs is 1. The Balaban J connectivity index is 2.11. The highest BCUT2D eigenvalue weighted by Crippen LogP contribution is 2.32. The van der Waals surface area contributed by atoms with Gasteiger partial charge in [-0.15, -0.1) is 0 Å². The van der Waals surface area contributed by atoms with Gasteiger partial charge in [-0.25, -0.2) is 9.97 Å². The first kappa shape index (κ1) is 13.2. The Labute approximate surface area is 122 Å². The number of rotatable bonds is 3. The van der Waals surface area contributed by atoms with E-state index in [2.05, 4.69) is 9.97 Å². The highest BCUT2D eigenvalue weighted by molar-refractivity contribution is 6.30. The zero-order chi connectivity index (χ0) is 14.1. The van der Waals surface area contributed by atoms with Gasteiger partial charge in [0.1, 0.15) is 16.7 Å². The van der Waals surface area contributed by atoms with Crippen molar-refractivity contribution in [2.45, 2.75) is 19.3 Å². The van der Waals surface area contributed by atoms with Gasteiger partial charge in [0.25, 0.3) is 0 Å². The lowest BCUT2D eigenvalue weighted by atomic mass is 10.1. The van der Waals surface area contributed by atoms with Crippen LogP contribution in [0.3, 0.4) is 0 Å². The minimum Gasteiger partial charge on any atom is -0.497 e. The maximum atomic E-state index is 6.26. The number of hydrogen-bond acceptors (Lipinski definition) is 4. The number of halogens is 1. The SMILES string of the molecule is COc1cc(OC)cc(-c2nc(Cl)c3c(n2)CCC3)c1. The molecule has 0 N–H and O–H groups in total. The van der Waals surface area contributed by atoms with Crippen molar-refractivity contribution in [3.63, 3.8) is 0 Å². The van der Waals surface area contributed by atoms with E-state index in [1.54, 1.807) is 14.2 Å². The van der Waals surface area contributed by atoms with Crippen molar-refractivity contribution >= 4 is 11.6 Å². The van der Waals surface area contributed by atoms with Crippen molar-refractivity contribution in [1.29, 1.82) is 0 Å². The lowest BCUT2D eigenvalue weighted by Gasteiger charge is -2.09. The minimum atomic E-state index is 0.560. The molecule has 20 heavy (non-hydrogen) atoms. The van der Waals surface area contributed by atoms with E-state index in [9.17, 15) is 0 Å². The first-order chi connectivity index (χ1) is 9.71. The Kier molecular flexibility index (Phi) is 3.49. The number of hydrogen-bond donors (Lipinski definition) is 0. The Bertz CT molecular complexity index is 636. The number of nitrogens with zero attached hydrogens (tertiary/aromatic N) is 2. The average Bonchev–Trinajstić information content (AvgIpc) is 2.95. The van der Waals surface area contributed by atoms with Crippen LogP contribution in [0.2, 0.25) is 5.15 Å². The molecule has 0 amide bonds. The summed E-state index contributed by atoms with van der Waals surface area (Å²) in [5.74, 6) is 2.03. The van der Waals surface area contributed by atoms with Crippen molar-refractivity contribution in [1.82, 2.24) is 9.97 Å². The van der Waals surface area contributed by atoms with E-state index in [-0.39, 0.29) is 0 Å². The predicted octanol–water partition coefficient (Wildman–Crippen LogP) is 3.30. The summed E-state index contributed by atoms with van der Waals surface area (Å²) in [5, 5.41) is 0.560. The summed E-state index contributed by atoms with van der Waals surface area (Å²) >= 11 is 6.26. The van der Waals surface area contributed by atoms with E-state index < -0.39 is 0 Å². The lowest BCUT2D eigenvalue weighted by molar-refractivity contribution is 0.394. The summed E-state index contributed by atoms with van der Waals surface area (Å²) in [6.07, 6.45) is 3.02. The van der Waals surface area contributed by atoms with Crippen LogP contribution >= 0.6 is 11.6 Å². The van der Waals surface area contributed by atoms with E-state index in [1.807, 2.05) is 18.2 Å². The third-order valence-corrected chi connectivity index (χ3v) is 3.80. The van der Waals surface area contributed by atoms with Gasteiger partial charge >= 0.3 is 0 Å². The van der Waals surface area contributed by atoms with Gasteiger partial charge in [-0.1, -0.05) is 11.6 Å². The third kappa shape index (κ3) is 2.31. The molecule has 1 aliphatic carbocycles. The molecule has 0 bridgehead atoms. The second kappa shape index (κ2) is 5.29. The first-order valence-electron chi connectivity index (χ1n) is 6.50. The topological polar surface area (TPSA) is 44.2 Å². The van der Waals surface area contributed by atoms with Crippen LogP contribution < -0.4 is 9.47 Å². The van der Waals surface area contributed by atoms with Gasteiger partial charge in [-0.2, -0.15) is 0 Å². The molecular formula is C15H15ClN2O2. The van der Waals surface area contributed by atoms with Gasteiger partial charge in [0, 0.05) is 22.9 Å². The monoisotopic (exact) mass is 290 g/mol. The number of methoxy groups -OCH3 is 2. The summed E-state index contributed by atoms with van der Waals surface area (Å²) in [6.45, 7) is 0. The van der Waals surface area contributed by atoms with E-state index in [4.69, 9.17) is 21.1 Å². The molecule has 104 valence electrons. The van der Waals surface area contributed by atoms with Crippen molar-refractivity contribution in [2.24, 2.45) is 0 Å². The molecule has 0 radical (unpaired) electrons. The Morgan fingerprint density at radius 3 is 2.35 bits per heavy atom. The van der Waals surface area contributed by atoms with Gasteiger partial charge in [-0.05, 0) is 31.4 Å². The molecule has 0 fully saturated rings. The van der Waals surface area contributed by atoms with Crippen LogP contribution in [0.15, 0.2) is 18.2 Å². The number of benzene rings is 1. The molecule has 0 atom stereocenters. The molecule has 0 saturated carbocycles. The molecule has 1 aliphatic rings. The molecular weight excluding hydrogens is 276 g/mol. The molecule has 0 aliphatic heterocycles. The van der Waals surface area contributed by atoms with E-state index >= 15 is 0 Å². The van der Waals surface area contributed by atoms with E-state index in [0.29, 0.717) is 22.5 Å². The summed E-state index contributed by atoms with van der Waals surface area (Å²) in [4.78, 5) is 9.04. The van der Waals surface area contributed by atoms with Crippen LogP contribution in [-0.2, 0) is 12.8 Å². The molecule has 5 heteroatoms. The van der Waals surface area contributed by atoms with Crippen molar-refractivity contribution in [3.8, 4) is 22.9 Å². The molecule has 0 saturated heterocycles. The predicted molar refractivity (Wildman–Crippen MR) is 77.6 cm³/mol. The average molecular weight is 291 g/mol. The maximum Gasteiger partial charge on any atom is 0.161 e. The molecule has 1 aromatic heterocycles. The second-order valence-corrected chi connectivity index (χ2v) is 5.08. The number of aryl methyl sites for hydroxylation is 1. The van der Waals surface area contributed by atoms with Crippen molar-refractivity contribution in [2.75, 3.05) is 14.2 Å². The van der Waals surface area contributed by atoms with Gasteiger partial charge in [-0.3, -0.25) is 0 Å². The van der Waals surface area contributed by atoms with Gasteiger partial charge < -0.3 is 9.47 Å². The highest BCUT2D eigenvalue weighted by Gasteiger charge is 2.19. The van der Waals surface area contributed by atoms with E-state index in [0.717, 1.165) is 36.1 Å². The molecule has 2 aromatic rings. The largest absolute Gasteiger partial charge is 0.497 e. The van der Waals surface area contributed by atoms with Crippen LogP contribution in [0.5, 0.6) is 11.5 Å². The molecule has 4 nitrogen and oxygen atoms in total. The van der Waals surface area contributed by atoms with Crippen LogP contribution in [0, 0.1) is 0 Å². The smallest absolute Gasteiger partial charge is 0.161 e. The van der Waals surface area contributed by atoms with Crippen molar-refractivity contribution < 1.29 is 9.47 Å². The fourth-order valence-corrected chi connectivity index (χ4v) is 2.74. The third-order valence-electron chi connectivity index (χ3n) is 3.49. The number of ether oxygens (including phenoxy) is 2. The van der Waals surface area contributed by atoms with Crippen LogP contribution in [-0.4, -0.2) is 24.2 Å². The highest BCUT2D eigenvalue weighted by atomic mass is 35.5. The molecule has 0 spiro atoms. The molecule has 1 aromatic carbocycles. The van der Waals surface area contributed by atoms with Crippen LogP contribution in [0.4, 0.5) is 0 Å². The van der Waals surface area contributed by atoms with Crippen LogP contribution in [0.1, 0.15) is 17.7 Å². The maximum absolute atomic E-state index is 6.26. The van der Waals surface area contributed by atoms with Gasteiger partial charge in [0.15, 0.2) is 5.82 Å². The Hall–Kier alpha value is -1.81. The van der Waals surface area contributed by atoms with Crippen molar-refractivity contribution in [3.05, 3.63) is 34.6 Å². The fourth-order valence-electron chi connectivity index (χ4n) is 2.45. The normalized spacial score (nSPS) is 13.2. The standard InChI is InChI=1S/C15H15ClN2O2/c1-19-10-6-9(7-11(8-10)20-2)15-17-13-5-3-4-12(13)14(16)18-15/h6-8H,3-5H2,1-2H3. The number of aromatic nitrogens is 2. The van der Waals surface area contributed by atoms with Crippen LogP contribution in [0.25, 0.3) is 11.4 Å². The molecule has 1 heterocycles. The summed E-state index contributed by atoms with van der Waals surface area (Å²) in [5.41, 5.74) is 2.99. The Morgan fingerprint density at radius 2 is 1.70 bits per heavy atom. The van der Waals surface area contributed by atoms with Gasteiger partial charge in [0.2, 0.25) is 0 Å².